The van der Waals surface area contributed by atoms with Crippen molar-refractivity contribution in [1.82, 2.24) is 34.9 Å². The first-order valence-corrected chi connectivity index (χ1v) is 12.5. The summed E-state index contributed by atoms with van der Waals surface area (Å²) in [5, 5.41) is 15.5. The lowest BCUT2D eigenvalue weighted by Crippen LogP contribution is -2.39. The number of aromatic nitrogens is 6. The Morgan fingerprint density at radius 2 is 1.97 bits per heavy atom. The number of imidazole rings is 1. The molecule has 2 atom stereocenters. The highest BCUT2D eigenvalue weighted by Crippen LogP contribution is 2.65. The Morgan fingerprint density at radius 1 is 1.15 bits per heavy atom. The van der Waals surface area contributed by atoms with E-state index in [0.717, 1.165) is 54.7 Å². The van der Waals surface area contributed by atoms with Crippen molar-refractivity contribution >= 4 is 17.5 Å². The maximum atomic E-state index is 13.3. The lowest BCUT2D eigenvalue weighted by atomic mass is 9.75. The van der Waals surface area contributed by atoms with Crippen LogP contribution >= 0.6 is 0 Å². The monoisotopic (exact) mass is 462 g/mol. The molecule has 0 spiro atoms. The number of carbonyl (C=O) groups is 1. The first kappa shape index (κ1) is 20.4. The van der Waals surface area contributed by atoms with Gasteiger partial charge in [0.25, 0.3) is 5.91 Å². The molecule has 4 aliphatic carbocycles. The molecule has 1 aliphatic heterocycles. The number of fused-ring (bicyclic) bond motifs is 1. The van der Waals surface area contributed by atoms with Crippen molar-refractivity contribution in [3.63, 3.8) is 0 Å². The van der Waals surface area contributed by atoms with E-state index in [1.54, 1.807) is 4.68 Å². The standard InChI is InChI=1S/C24H30N8O2/c33-22(25-15-24-11-16-8-17(12-24)10-18(24)9-16)20-2-1-3-21-26-19(13-31(20)21)14-32-23(27-28-29-32)30-4-6-34-7-5-30/h1-3,13,16-18H,4-12,14-15H2,(H,25,33). The molecule has 0 aromatic carbocycles. The number of tetrazole rings is 1. The second-order valence-electron chi connectivity index (χ2n) is 10.7. The summed E-state index contributed by atoms with van der Waals surface area (Å²) in [7, 11) is 0. The first-order valence-electron chi connectivity index (χ1n) is 12.5. The highest BCUT2D eigenvalue weighted by atomic mass is 16.5. The number of hydrogen-bond donors (Lipinski definition) is 1. The van der Waals surface area contributed by atoms with Crippen LogP contribution in [-0.4, -0.2) is 68.3 Å². The van der Waals surface area contributed by atoms with Crippen LogP contribution in [-0.2, 0) is 11.3 Å². The van der Waals surface area contributed by atoms with Crippen molar-refractivity contribution in [2.75, 3.05) is 37.7 Å². The topological polar surface area (TPSA) is 102 Å². The number of nitrogens with zero attached hydrogens (tertiary/aromatic N) is 7. The molecule has 3 aromatic rings. The number of ether oxygens (including phenoxy) is 1. The smallest absolute Gasteiger partial charge is 0.268 e. The van der Waals surface area contributed by atoms with Crippen molar-refractivity contribution in [2.24, 2.45) is 23.2 Å². The second kappa shape index (κ2) is 7.76. The zero-order chi connectivity index (χ0) is 22.7. The van der Waals surface area contributed by atoms with Crippen LogP contribution in [0.2, 0.25) is 0 Å². The molecule has 1 saturated heterocycles. The van der Waals surface area contributed by atoms with Crippen LogP contribution in [0.3, 0.4) is 0 Å². The average molecular weight is 463 g/mol. The molecule has 34 heavy (non-hydrogen) atoms. The van der Waals surface area contributed by atoms with Crippen molar-refractivity contribution in [1.29, 1.82) is 0 Å². The molecule has 0 radical (unpaired) electrons. The van der Waals surface area contributed by atoms with Gasteiger partial charge < -0.3 is 15.0 Å². The van der Waals surface area contributed by atoms with E-state index in [0.29, 0.717) is 30.9 Å². The third-order valence-electron chi connectivity index (χ3n) is 8.65. The summed E-state index contributed by atoms with van der Waals surface area (Å²) in [6, 6.07) is 5.71. The Labute approximate surface area is 197 Å². The summed E-state index contributed by atoms with van der Waals surface area (Å²) in [4.78, 5) is 20.1. The first-order chi connectivity index (χ1) is 16.7. The highest BCUT2D eigenvalue weighted by Gasteiger charge is 2.57. The van der Waals surface area contributed by atoms with E-state index in [9.17, 15) is 4.79 Å². The van der Waals surface area contributed by atoms with Gasteiger partial charge in [0.05, 0.1) is 25.5 Å². The van der Waals surface area contributed by atoms with Gasteiger partial charge in [-0.05, 0) is 77.8 Å². The Bertz CT molecular complexity index is 1210. The fraction of sp³-hybridized carbons (Fsp3) is 0.625. The summed E-state index contributed by atoms with van der Waals surface area (Å²) in [5.41, 5.74) is 2.53. The quantitative estimate of drug-likeness (QED) is 0.595. The lowest BCUT2D eigenvalue weighted by molar-refractivity contribution is 0.0907. The molecule has 2 unspecified atom stereocenters. The van der Waals surface area contributed by atoms with E-state index < -0.39 is 0 Å². The van der Waals surface area contributed by atoms with E-state index in [1.165, 1.54) is 32.1 Å². The third kappa shape index (κ3) is 3.30. The predicted octanol–water partition coefficient (Wildman–Crippen LogP) is 1.76. The highest BCUT2D eigenvalue weighted by molar-refractivity contribution is 5.93. The van der Waals surface area contributed by atoms with Gasteiger partial charge >= 0.3 is 0 Å². The summed E-state index contributed by atoms with van der Waals surface area (Å²) in [6.07, 6.45) is 8.68. The molecular weight excluding hydrogens is 432 g/mol. The molecule has 10 heteroatoms. The number of anilines is 1. The summed E-state index contributed by atoms with van der Waals surface area (Å²) < 4.78 is 9.09. The molecule has 4 heterocycles. The molecule has 5 fully saturated rings. The van der Waals surface area contributed by atoms with Crippen LogP contribution < -0.4 is 10.2 Å². The minimum atomic E-state index is -0.0217. The van der Waals surface area contributed by atoms with E-state index in [-0.39, 0.29) is 5.91 Å². The minimum Gasteiger partial charge on any atom is -0.378 e. The number of rotatable bonds is 6. The predicted molar refractivity (Wildman–Crippen MR) is 123 cm³/mol. The number of amides is 1. The molecular formula is C24H30N8O2. The Hall–Kier alpha value is -3.01. The Balaban J connectivity index is 1.09. The van der Waals surface area contributed by atoms with Crippen LogP contribution in [0.15, 0.2) is 24.4 Å². The molecule has 8 rings (SSSR count). The van der Waals surface area contributed by atoms with Gasteiger partial charge in [-0.2, -0.15) is 0 Å². The van der Waals surface area contributed by atoms with Gasteiger partial charge in [0, 0.05) is 25.8 Å². The van der Waals surface area contributed by atoms with Gasteiger partial charge in [0.15, 0.2) is 0 Å². The van der Waals surface area contributed by atoms with Crippen LogP contribution in [0.25, 0.3) is 5.65 Å². The van der Waals surface area contributed by atoms with Gasteiger partial charge in [-0.25, -0.2) is 9.67 Å². The number of morpholine rings is 1. The SMILES string of the molecule is O=C(NCC12CC3CC(CC1C3)C2)c1cccc2nc(Cn3nnnc3N3CCOCC3)cn12. The average Bonchev–Trinajstić information content (AvgIpc) is 3.59. The van der Waals surface area contributed by atoms with Gasteiger partial charge in [-0.1, -0.05) is 11.2 Å². The maximum absolute atomic E-state index is 13.3. The van der Waals surface area contributed by atoms with Gasteiger partial charge in [-0.15, -0.1) is 0 Å². The maximum Gasteiger partial charge on any atom is 0.268 e. The van der Waals surface area contributed by atoms with Crippen LogP contribution in [0.1, 0.15) is 48.3 Å². The molecule has 5 aliphatic rings. The van der Waals surface area contributed by atoms with Crippen LogP contribution in [0, 0.1) is 23.2 Å². The van der Waals surface area contributed by atoms with Gasteiger partial charge in [0.1, 0.15) is 11.3 Å². The fourth-order valence-electron chi connectivity index (χ4n) is 7.37. The summed E-state index contributed by atoms with van der Waals surface area (Å²) >= 11 is 0. The number of hydrogen-bond acceptors (Lipinski definition) is 7. The van der Waals surface area contributed by atoms with Crippen molar-refractivity contribution < 1.29 is 9.53 Å². The molecule has 3 aromatic heterocycles. The number of carbonyl (C=O) groups excluding carboxylic acids is 1. The van der Waals surface area contributed by atoms with Crippen molar-refractivity contribution in [2.45, 2.75) is 38.6 Å². The zero-order valence-electron chi connectivity index (χ0n) is 19.3. The van der Waals surface area contributed by atoms with E-state index >= 15 is 0 Å². The van der Waals surface area contributed by atoms with Gasteiger partial charge in [-0.3, -0.25) is 9.20 Å². The molecule has 4 bridgehead atoms. The third-order valence-corrected chi connectivity index (χ3v) is 8.65. The molecule has 178 valence electrons. The van der Waals surface area contributed by atoms with Crippen LogP contribution in [0.5, 0.6) is 0 Å². The van der Waals surface area contributed by atoms with Crippen molar-refractivity contribution in [3.8, 4) is 0 Å². The molecule has 1 N–H and O–H groups in total. The second-order valence-corrected chi connectivity index (χ2v) is 10.7. The Morgan fingerprint density at radius 3 is 2.79 bits per heavy atom. The van der Waals surface area contributed by atoms with E-state index in [4.69, 9.17) is 9.72 Å². The largest absolute Gasteiger partial charge is 0.378 e. The van der Waals surface area contributed by atoms with Crippen LogP contribution in [0.4, 0.5) is 5.95 Å². The van der Waals surface area contributed by atoms with Gasteiger partial charge in [0.2, 0.25) is 5.95 Å². The fourth-order valence-corrected chi connectivity index (χ4v) is 7.37. The lowest BCUT2D eigenvalue weighted by Gasteiger charge is -2.33. The molecule has 1 amide bonds. The molecule has 10 nitrogen and oxygen atoms in total. The number of nitrogens with one attached hydrogen (secondary N) is 1. The molecule has 4 saturated carbocycles. The van der Waals surface area contributed by atoms with E-state index in [1.807, 2.05) is 28.8 Å². The summed E-state index contributed by atoms with van der Waals surface area (Å²) in [5.74, 6) is 3.29. The van der Waals surface area contributed by atoms with E-state index in [2.05, 4.69) is 25.7 Å². The Kier molecular flexibility index (Phi) is 4.65. The zero-order valence-corrected chi connectivity index (χ0v) is 19.3. The number of pyridine rings is 1. The van der Waals surface area contributed by atoms with Crippen molar-refractivity contribution in [3.05, 3.63) is 35.8 Å². The normalized spacial score (nSPS) is 29.9. The summed E-state index contributed by atoms with van der Waals surface area (Å²) in [6.45, 7) is 4.11. The minimum absolute atomic E-state index is 0.0217.